The van der Waals surface area contributed by atoms with E-state index >= 15 is 0 Å². The first-order chi connectivity index (χ1) is 13.9. The van der Waals surface area contributed by atoms with Crippen molar-refractivity contribution in [3.8, 4) is 10.6 Å². The lowest BCUT2D eigenvalue weighted by atomic mass is 10.1. The lowest BCUT2D eigenvalue weighted by Crippen LogP contribution is -1.99. The molecule has 4 aromatic rings. The van der Waals surface area contributed by atoms with Crippen LogP contribution in [0.4, 0.5) is 0 Å². The molecule has 0 saturated carbocycles. The molecular weight excluding hydrogens is 469 g/mol. The normalized spacial score (nSPS) is 13.4. The number of thiophene rings is 1. The number of Topliss-reactive ketones (excluding diaryl/α,β-unsaturated/α-hetero) is 2. The van der Waals surface area contributed by atoms with Gasteiger partial charge in [0.1, 0.15) is 9.84 Å². The van der Waals surface area contributed by atoms with Crippen molar-refractivity contribution in [3.05, 3.63) is 79.1 Å². The first kappa shape index (κ1) is 19.0. The van der Waals surface area contributed by atoms with Crippen molar-refractivity contribution in [2.24, 2.45) is 0 Å². The minimum absolute atomic E-state index is 0.116. The summed E-state index contributed by atoms with van der Waals surface area (Å²) in [7, 11) is 0. The molecule has 0 radical (unpaired) electrons. The van der Waals surface area contributed by atoms with Crippen molar-refractivity contribution in [3.63, 3.8) is 0 Å². The van der Waals surface area contributed by atoms with E-state index < -0.39 is 0 Å². The van der Waals surface area contributed by atoms with E-state index in [1.54, 1.807) is 17.4 Å². The highest BCUT2D eigenvalue weighted by molar-refractivity contribution is 7.29. The number of carbonyl (C=O) groups is 2. The molecule has 142 valence electrons. The van der Waals surface area contributed by atoms with Gasteiger partial charge in [0.15, 0.2) is 11.6 Å². The predicted octanol–water partition coefficient (Wildman–Crippen LogP) is 7.45. The van der Waals surface area contributed by atoms with E-state index in [2.05, 4.69) is 4.98 Å². The van der Waals surface area contributed by atoms with Gasteiger partial charge in [0.25, 0.3) is 0 Å². The number of halogens is 3. The van der Waals surface area contributed by atoms with Crippen LogP contribution in [0.5, 0.6) is 0 Å². The van der Waals surface area contributed by atoms with Gasteiger partial charge in [0.05, 0.1) is 20.3 Å². The first-order valence-electron chi connectivity index (χ1n) is 8.37. The monoisotopic (exact) mass is 475 g/mol. The summed E-state index contributed by atoms with van der Waals surface area (Å²) in [5.74, 6) is -0.676. The highest BCUT2D eigenvalue weighted by Gasteiger charge is 2.34. The second kappa shape index (κ2) is 7.04. The van der Waals surface area contributed by atoms with Crippen LogP contribution in [0, 0.1) is 0 Å². The van der Waals surface area contributed by atoms with Gasteiger partial charge in [-0.3, -0.25) is 9.59 Å². The van der Waals surface area contributed by atoms with E-state index in [0.717, 1.165) is 25.0 Å². The molecule has 1 aliphatic rings. The second-order valence-electron chi connectivity index (χ2n) is 6.37. The molecule has 2 heterocycles. The molecule has 2 aromatic carbocycles. The first-order valence-corrected chi connectivity index (χ1v) is 11.1. The molecule has 0 amide bonds. The fourth-order valence-electron chi connectivity index (χ4n) is 3.13. The van der Waals surface area contributed by atoms with Crippen LogP contribution in [0.1, 0.15) is 25.6 Å². The Labute approximate surface area is 188 Å². The molecule has 0 atom stereocenters. The average molecular weight is 477 g/mol. The maximum Gasteiger partial charge on any atom is 0.197 e. The highest BCUT2D eigenvalue weighted by atomic mass is 35.5. The summed E-state index contributed by atoms with van der Waals surface area (Å²) in [4.78, 5) is 31.7. The van der Waals surface area contributed by atoms with E-state index in [9.17, 15) is 9.59 Å². The highest BCUT2D eigenvalue weighted by Crippen LogP contribution is 2.38. The van der Waals surface area contributed by atoms with Crippen LogP contribution in [0.25, 0.3) is 26.2 Å². The Kier molecular flexibility index (Phi) is 4.61. The van der Waals surface area contributed by atoms with Gasteiger partial charge in [0.2, 0.25) is 0 Å². The molecule has 0 bridgehead atoms. The number of hydrogen-bond acceptors (Lipinski definition) is 5. The summed E-state index contributed by atoms with van der Waals surface area (Å²) in [5, 5.41) is 2.08. The molecule has 0 fully saturated rings. The summed E-state index contributed by atoms with van der Waals surface area (Å²) in [6, 6.07) is 12.4. The van der Waals surface area contributed by atoms with Crippen LogP contribution in [0.3, 0.4) is 0 Å². The van der Waals surface area contributed by atoms with Crippen LogP contribution < -0.4 is 0 Å². The van der Waals surface area contributed by atoms with Crippen molar-refractivity contribution in [1.29, 1.82) is 0 Å². The topological polar surface area (TPSA) is 47.0 Å². The molecule has 0 spiro atoms. The van der Waals surface area contributed by atoms with E-state index in [1.807, 2.05) is 30.3 Å². The van der Waals surface area contributed by atoms with Crippen molar-refractivity contribution >= 4 is 84.6 Å². The Morgan fingerprint density at radius 3 is 2.03 bits per heavy atom. The smallest absolute Gasteiger partial charge is 0.197 e. The minimum Gasteiger partial charge on any atom is -0.288 e. The number of fused-ring (bicyclic) bond motifs is 2. The summed E-state index contributed by atoms with van der Waals surface area (Å²) in [6.45, 7) is 0. The number of carbonyl (C=O) groups excluding carboxylic acids is 2. The van der Waals surface area contributed by atoms with Gasteiger partial charge in [-0.15, -0.1) is 22.7 Å². The summed E-state index contributed by atoms with van der Waals surface area (Å²) < 4.78 is 0.994. The maximum atomic E-state index is 12.7. The molecule has 0 aliphatic heterocycles. The fourth-order valence-corrected chi connectivity index (χ4v) is 5.76. The summed E-state index contributed by atoms with van der Waals surface area (Å²) in [5.41, 5.74) is 1.69. The largest absolute Gasteiger partial charge is 0.288 e. The Morgan fingerprint density at radius 2 is 1.45 bits per heavy atom. The molecule has 0 N–H and O–H groups in total. The third-order valence-corrected chi connectivity index (χ3v) is 7.66. The Bertz CT molecular complexity index is 1290. The number of aromatic nitrogens is 1. The third-order valence-electron chi connectivity index (χ3n) is 4.53. The zero-order valence-corrected chi connectivity index (χ0v) is 18.2. The Morgan fingerprint density at radius 1 is 0.828 bits per heavy atom. The lowest BCUT2D eigenvalue weighted by molar-refractivity contribution is 0.0990. The number of nitrogens with zero attached hydrogens (tertiary/aromatic N) is 1. The van der Waals surface area contributed by atoms with Crippen LogP contribution in [0.2, 0.25) is 15.1 Å². The SMILES string of the molecule is O=C1C(=Cc2cc3sc(-c4ccc(Cl)cc4)nc3s2)C(=O)c2cc(Cl)c(Cl)cc21. The number of ketones is 2. The second-order valence-corrected chi connectivity index (χ2v) is 9.72. The Hall–Kier alpha value is -2.02. The van der Waals surface area contributed by atoms with Gasteiger partial charge in [-0.25, -0.2) is 4.98 Å². The number of allylic oxidation sites excluding steroid dienone is 1. The van der Waals surface area contributed by atoms with Crippen LogP contribution in [0.15, 0.2) is 48.0 Å². The van der Waals surface area contributed by atoms with E-state index in [-0.39, 0.29) is 38.3 Å². The van der Waals surface area contributed by atoms with Crippen LogP contribution in [-0.4, -0.2) is 16.6 Å². The average Bonchev–Trinajstić information content (AvgIpc) is 3.31. The summed E-state index contributed by atoms with van der Waals surface area (Å²) in [6.07, 6.45) is 1.62. The van der Waals surface area contributed by atoms with E-state index in [1.165, 1.54) is 23.5 Å². The van der Waals surface area contributed by atoms with Crippen molar-refractivity contribution < 1.29 is 9.59 Å². The Balaban J connectivity index is 1.51. The van der Waals surface area contributed by atoms with E-state index in [4.69, 9.17) is 34.8 Å². The molecule has 3 nitrogen and oxygen atoms in total. The van der Waals surface area contributed by atoms with Crippen molar-refractivity contribution in [1.82, 2.24) is 4.98 Å². The number of benzene rings is 2. The number of rotatable bonds is 2. The third kappa shape index (κ3) is 3.23. The zero-order valence-electron chi connectivity index (χ0n) is 14.3. The van der Waals surface area contributed by atoms with Gasteiger partial charge >= 0.3 is 0 Å². The van der Waals surface area contributed by atoms with Gasteiger partial charge in [-0.1, -0.05) is 46.9 Å². The lowest BCUT2D eigenvalue weighted by Gasteiger charge is -1.98. The molecule has 0 saturated heterocycles. The minimum atomic E-state index is -0.338. The van der Waals surface area contributed by atoms with Crippen LogP contribution in [-0.2, 0) is 0 Å². The van der Waals surface area contributed by atoms with Crippen molar-refractivity contribution in [2.75, 3.05) is 0 Å². The van der Waals surface area contributed by atoms with E-state index in [0.29, 0.717) is 5.02 Å². The molecule has 0 unspecified atom stereocenters. The number of hydrogen-bond donors (Lipinski definition) is 0. The van der Waals surface area contributed by atoms with Crippen molar-refractivity contribution in [2.45, 2.75) is 0 Å². The van der Waals surface area contributed by atoms with Gasteiger partial charge in [-0.2, -0.15) is 0 Å². The van der Waals surface area contributed by atoms with Crippen LogP contribution >= 0.6 is 57.5 Å². The van der Waals surface area contributed by atoms with Gasteiger partial charge < -0.3 is 0 Å². The standard InChI is InChI=1S/C21H8Cl3NO2S2/c22-10-3-1-9(2-4-10)20-25-21-17(29-20)6-11(28-21)5-14-18(26)12-7-15(23)16(24)8-13(12)19(14)27/h1-8H. The molecule has 5 rings (SSSR count). The molecular formula is C21H8Cl3NO2S2. The fraction of sp³-hybridized carbons (Fsp3) is 0. The quantitative estimate of drug-likeness (QED) is 0.223. The van der Waals surface area contributed by atoms with Gasteiger partial charge in [0, 0.05) is 26.6 Å². The molecule has 8 heteroatoms. The maximum absolute atomic E-state index is 12.7. The number of thiazole rings is 1. The molecule has 2 aromatic heterocycles. The predicted molar refractivity (Wildman–Crippen MR) is 121 cm³/mol. The zero-order chi connectivity index (χ0) is 20.3. The molecule has 1 aliphatic carbocycles. The molecule has 29 heavy (non-hydrogen) atoms. The summed E-state index contributed by atoms with van der Waals surface area (Å²) >= 11 is 20.9. The van der Waals surface area contributed by atoms with Gasteiger partial charge in [-0.05, 0) is 36.4 Å².